The zero-order valence-corrected chi connectivity index (χ0v) is 10.8. The van der Waals surface area contributed by atoms with Crippen LogP contribution in [0.3, 0.4) is 0 Å². The van der Waals surface area contributed by atoms with Crippen LogP contribution in [-0.4, -0.2) is 45.7 Å². The van der Waals surface area contributed by atoms with Crippen LogP contribution < -0.4 is 5.32 Å². The van der Waals surface area contributed by atoms with E-state index in [9.17, 15) is 0 Å². The molecule has 5 heteroatoms. The molecule has 1 aromatic rings. The monoisotopic (exact) mass is 238 g/mol. The second-order valence-corrected chi connectivity index (χ2v) is 4.21. The van der Waals surface area contributed by atoms with E-state index in [1.807, 2.05) is 6.92 Å². The Bertz CT molecular complexity index is 313. The quantitative estimate of drug-likeness (QED) is 0.745. The van der Waals surface area contributed by atoms with Crippen LogP contribution in [0.1, 0.15) is 26.5 Å². The van der Waals surface area contributed by atoms with Crippen molar-refractivity contribution in [2.75, 3.05) is 25.0 Å². The van der Waals surface area contributed by atoms with Gasteiger partial charge in [-0.3, -0.25) is 9.88 Å². The normalized spacial score (nSPS) is 11.2. The fraction of sp³-hybridized carbons (Fsp3) is 0.667. The van der Waals surface area contributed by atoms with Gasteiger partial charge in [-0.05, 0) is 20.8 Å². The molecule has 0 saturated carbocycles. The van der Waals surface area contributed by atoms with Gasteiger partial charge in [0.05, 0.1) is 24.7 Å². The Labute approximate surface area is 103 Å². The first-order valence-electron chi connectivity index (χ1n) is 6.07. The Morgan fingerprint density at radius 1 is 1.35 bits per heavy atom. The van der Waals surface area contributed by atoms with Gasteiger partial charge in [0.2, 0.25) is 0 Å². The first-order valence-corrected chi connectivity index (χ1v) is 6.07. The molecular formula is C12H22N4O. The molecule has 2 N–H and O–H groups in total. The van der Waals surface area contributed by atoms with Gasteiger partial charge in [-0.1, -0.05) is 0 Å². The number of anilines is 1. The number of aromatic nitrogens is 2. The molecule has 0 aliphatic heterocycles. The third-order valence-corrected chi connectivity index (χ3v) is 2.55. The highest BCUT2D eigenvalue weighted by Crippen LogP contribution is 2.06. The molecule has 0 unspecified atom stereocenters. The zero-order valence-electron chi connectivity index (χ0n) is 10.8. The van der Waals surface area contributed by atoms with E-state index >= 15 is 0 Å². The summed E-state index contributed by atoms with van der Waals surface area (Å²) in [5, 5.41) is 12.1. The molecule has 5 nitrogen and oxygen atoms in total. The van der Waals surface area contributed by atoms with Crippen molar-refractivity contribution in [3.8, 4) is 0 Å². The summed E-state index contributed by atoms with van der Waals surface area (Å²) in [5.41, 5.74) is 0.925. The van der Waals surface area contributed by atoms with Crippen molar-refractivity contribution >= 4 is 5.82 Å². The van der Waals surface area contributed by atoms with E-state index in [2.05, 4.69) is 34.0 Å². The smallest absolute Gasteiger partial charge is 0.144 e. The van der Waals surface area contributed by atoms with Gasteiger partial charge in [0.15, 0.2) is 0 Å². The topological polar surface area (TPSA) is 61.3 Å². The Balaban J connectivity index is 2.60. The van der Waals surface area contributed by atoms with Gasteiger partial charge in [0.1, 0.15) is 5.82 Å². The predicted molar refractivity (Wildman–Crippen MR) is 68.8 cm³/mol. The van der Waals surface area contributed by atoms with Crippen molar-refractivity contribution in [1.82, 2.24) is 14.9 Å². The molecule has 0 bridgehead atoms. The largest absolute Gasteiger partial charge is 0.395 e. The molecule has 96 valence electrons. The van der Waals surface area contributed by atoms with Crippen LogP contribution in [0.5, 0.6) is 0 Å². The van der Waals surface area contributed by atoms with Crippen molar-refractivity contribution < 1.29 is 5.11 Å². The zero-order chi connectivity index (χ0) is 12.7. The van der Waals surface area contributed by atoms with E-state index in [1.54, 1.807) is 12.4 Å². The molecule has 0 fully saturated rings. The fourth-order valence-electron chi connectivity index (χ4n) is 1.57. The summed E-state index contributed by atoms with van der Waals surface area (Å²) in [5.74, 6) is 0.800. The van der Waals surface area contributed by atoms with Crippen LogP contribution in [0.2, 0.25) is 0 Å². The lowest BCUT2D eigenvalue weighted by molar-refractivity contribution is 0.157. The summed E-state index contributed by atoms with van der Waals surface area (Å²) in [6.07, 6.45) is 3.53. The Morgan fingerprint density at radius 3 is 2.59 bits per heavy atom. The number of nitrogens with zero attached hydrogens (tertiary/aromatic N) is 3. The molecular weight excluding hydrogens is 216 g/mol. The third-order valence-electron chi connectivity index (χ3n) is 2.55. The van der Waals surface area contributed by atoms with E-state index in [1.165, 1.54) is 0 Å². The molecule has 0 aromatic carbocycles. The van der Waals surface area contributed by atoms with Crippen LogP contribution in [0.4, 0.5) is 5.82 Å². The predicted octanol–water partition coefficient (Wildman–Crippen LogP) is 1.11. The lowest BCUT2D eigenvalue weighted by Crippen LogP contribution is -2.33. The molecule has 0 amide bonds. The van der Waals surface area contributed by atoms with E-state index < -0.39 is 0 Å². The summed E-state index contributed by atoms with van der Waals surface area (Å²) in [4.78, 5) is 10.8. The van der Waals surface area contributed by atoms with Gasteiger partial charge in [-0.15, -0.1) is 0 Å². The molecule has 0 atom stereocenters. The van der Waals surface area contributed by atoms with Crippen LogP contribution >= 0.6 is 0 Å². The molecule has 0 spiro atoms. The minimum absolute atomic E-state index is 0.168. The Morgan fingerprint density at radius 2 is 2.12 bits per heavy atom. The minimum Gasteiger partial charge on any atom is -0.395 e. The molecule has 1 aromatic heterocycles. The average molecular weight is 238 g/mol. The van der Waals surface area contributed by atoms with Gasteiger partial charge in [-0.25, -0.2) is 4.98 Å². The van der Waals surface area contributed by atoms with Crippen LogP contribution in [0, 0.1) is 0 Å². The maximum atomic E-state index is 8.99. The summed E-state index contributed by atoms with van der Waals surface area (Å²) >= 11 is 0. The highest BCUT2D eigenvalue weighted by molar-refractivity contribution is 5.30. The van der Waals surface area contributed by atoms with Crippen LogP contribution in [0.15, 0.2) is 12.4 Å². The van der Waals surface area contributed by atoms with Gasteiger partial charge in [0.25, 0.3) is 0 Å². The summed E-state index contributed by atoms with van der Waals surface area (Å²) in [6.45, 7) is 8.63. The molecule has 0 radical (unpaired) electrons. The van der Waals surface area contributed by atoms with E-state index in [4.69, 9.17) is 5.11 Å². The van der Waals surface area contributed by atoms with E-state index in [0.29, 0.717) is 12.6 Å². The second kappa shape index (κ2) is 7.19. The van der Waals surface area contributed by atoms with Crippen LogP contribution in [0.25, 0.3) is 0 Å². The lowest BCUT2D eigenvalue weighted by atomic mass is 10.3. The van der Waals surface area contributed by atoms with Crippen molar-refractivity contribution in [1.29, 1.82) is 0 Å². The summed E-state index contributed by atoms with van der Waals surface area (Å²) < 4.78 is 0. The molecule has 1 heterocycles. The molecule has 17 heavy (non-hydrogen) atoms. The number of aliphatic hydroxyl groups excluding tert-OH is 1. The van der Waals surface area contributed by atoms with Crippen molar-refractivity contribution in [2.45, 2.75) is 33.4 Å². The standard InChI is InChI=1S/C12H22N4O/c1-4-13-12-8-14-11(7-15-12)9-16(5-6-17)10(2)3/h7-8,10,17H,4-6,9H2,1-3H3,(H,13,15). The second-order valence-electron chi connectivity index (χ2n) is 4.21. The first kappa shape index (κ1) is 13.9. The molecule has 1 rings (SSSR count). The SMILES string of the molecule is CCNc1cnc(CN(CCO)C(C)C)cn1. The Kier molecular flexibility index (Phi) is 5.86. The van der Waals surface area contributed by atoms with E-state index in [-0.39, 0.29) is 6.61 Å². The minimum atomic E-state index is 0.168. The van der Waals surface area contributed by atoms with Crippen molar-refractivity contribution in [2.24, 2.45) is 0 Å². The molecule has 0 aliphatic rings. The Hall–Kier alpha value is -1.20. The third kappa shape index (κ3) is 4.66. The number of rotatable bonds is 7. The number of aliphatic hydroxyl groups is 1. The average Bonchev–Trinajstić information content (AvgIpc) is 2.31. The molecule has 0 saturated heterocycles. The highest BCUT2D eigenvalue weighted by atomic mass is 16.3. The maximum Gasteiger partial charge on any atom is 0.144 e. The van der Waals surface area contributed by atoms with Gasteiger partial charge in [0, 0.05) is 25.7 Å². The van der Waals surface area contributed by atoms with Crippen molar-refractivity contribution in [3.63, 3.8) is 0 Å². The highest BCUT2D eigenvalue weighted by Gasteiger charge is 2.10. The van der Waals surface area contributed by atoms with Gasteiger partial charge < -0.3 is 10.4 Å². The van der Waals surface area contributed by atoms with Crippen LogP contribution in [-0.2, 0) is 6.54 Å². The maximum absolute atomic E-state index is 8.99. The molecule has 0 aliphatic carbocycles. The fourth-order valence-corrected chi connectivity index (χ4v) is 1.57. The van der Waals surface area contributed by atoms with Crippen molar-refractivity contribution in [3.05, 3.63) is 18.1 Å². The van der Waals surface area contributed by atoms with Gasteiger partial charge in [-0.2, -0.15) is 0 Å². The number of hydrogen-bond donors (Lipinski definition) is 2. The number of hydrogen-bond acceptors (Lipinski definition) is 5. The number of nitrogens with one attached hydrogen (secondary N) is 1. The summed E-state index contributed by atoms with van der Waals surface area (Å²) in [6, 6.07) is 0.386. The van der Waals surface area contributed by atoms with Gasteiger partial charge >= 0.3 is 0 Å². The summed E-state index contributed by atoms with van der Waals surface area (Å²) in [7, 11) is 0. The first-order chi connectivity index (χ1) is 8.17. The van der Waals surface area contributed by atoms with E-state index in [0.717, 1.165) is 24.6 Å². The lowest BCUT2D eigenvalue weighted by Gasteiger charge is -2.24.